The molecule has 5 nitrogen and oxygen atoms in total. The first-order chi connectivity index (χ1) is 9.65. The van der Waals surface area contributed by atoms with E-state index in [1.54, 1.807) is 0 Å². The molecule has 0 radical (unpaired) electrons. The molecular weight excluding hydrogens is 323 g/mol. The average molecular weight is 355 g/mol. The van der Waals surface area contributed by atoms with Crippen molar-refractivity contribution in [3.63, 3.8) is 0 Å². The lowest BCUT2D eigenvalue weighted by Gasteiger charge is -2.34. The summed E-state index contributed by atoms with van der Waals surface area (Å²) >= 11 is 0. The van der Waals surface area contributed by atoms with E-state index >= 15 is 0 Å². The number of rotatable bonds is 5. The summed E-state index contributed by atoms with van der Waals surface area (Å²) in [4.78, 5) is 18.9. The lowest BCUT2D eigenvalue weighted by atomic mass is 9.96. The highest BCUT2D eigenvalue weighted by atomic mass is 35.5. The highest BCUT2D eigenvalue weighted by molar-refractivity contribution is 5.85. The van der Waals surface area contributed by atoms with Gasteiger partial charge in [-0.05, 0) is 45.9 Å². The van der Waals surface area contributed by atoms with Gasteiger partial charge in [0.15, 0.2) is 0 Å². The van der Waals surface area contributed by atoms with E-state index in [9.17, 15) is 4.79 Å². The first-order valence-electron chi connectivity index (χ1n) is 8.00. The van der Waals surface area contributed by atoms with Crippen molar-refractivity contribution in [2.45, 2.75) is 19.3 Å². The van der Waals surface area contributed by atoms with Crippen LogP contribution in [0.25, 0.3) is 0 Å². The first-order valence-corrected chi connectivity index (χ1v) is 8.00. The molecule has 2 heterocycles. The van der Waals surface area contributed by atoms with Gasteiger partial charge >= 0.3 is 0 Å². The molecule has 0 aliphatic carbocycles. The van der Waals surface area contributed by atoms with Gasteiger partial charge in [-0.25, -0.2) is 0 Å². The summed E-state index contributed by atoms with van der Waals surface area (Å²) in [6.45, 7) is 8.11. The van der Waals surface area contributed by atoms with Gasteiger partial charge in [-0.1, -0.05) is 0 Å². The molecule has 2 rings (SSSR count). The Morgan fingerprint density at radius 2 is 1.68 bits per heavy atom. The summed E-state index contributed by atoms with van der Waals surface area (Å²) in [5.74, 6) is 1.17. The van der Waals surface area contributed by atoms with Crippen molar-refractivity contribution >= 4 is 30.7 Å². The maximum atomic E-state index is 12.1. The number of nitrogens with zero attached hydrogens (tertiary/aromatic N) is 3. The predicted octanol–water partition coefficient (Wildman–Crippen LogP) is 0.925. The van der Waals surface area contributed by atoms with E-state index in [1.807, 2.05) is 4.90 Å². The number of hydrogen-bond donors (Lipinski definition) is 1. The zero-order valence-electron chi connectivity index (χ0n) is 13.9. The van der Waals surface area contributed by atoms with Crippen molar-refractivity contribution in [3.05, 3.63) is 0 Å². The third-order valence-corrected chi connectivity index (χ3v) is 4.44. The second kappa shape index (κ2) is 11.5. The molecule has 1 amide bonds. The minimum atomic E-state index is 0. The molecule has 0 atom stereocenters. The molecule has 1 N–H and O–H groups in total. The molecule has 0 spiro atoms. The number of likely N-dealkylation sites (tertiary alicyclic amines) is 1. The Kier molecular flexibility index (Phi) is 11.4. The summed E-state index contributed by atoms with van der Waals surface area (Å²) in [6, 6.07) is 0. The zero-order valence-corrected chi connectivity index (χ0v) is 15.6. The standard InChI is InChI=1S/C15H30N4O.2ClH/c1-17(2)13-14-3-8-18(9-4-14)10-5-15(20)19-11-6-16-7-12-19;;/h14,16H,3-13H2,1-2H3;2*1H. The van der Waals surface area contributed by atoms with Crippen molar-refractivity contribution in [3.8, 4) is 0 Å². The van der Waals surface area contributed by atoms with Gasteiger partial charge in [-0.15, -0.1) is 24.8 Å². The van der Waals surface area contributed by atoms with Crippen molar-refractivity contribution in [2.24, 2.45) is 5.92 Å². The molecule has 0 saturated carbocycles. The van der Waals surface area contributed by atoms with Crippen LogP contribution in [0.2, 0.25) is 0 Å². The Labute approximate surface area is 147 Å². The summed E-state index contributed by atoms with van der Waals surface area (Å²) in [6.07, 6.45) is 3.25. The van der Waals surface area contributed by atoms with Gasteiger partial charge in [0, 0.05) is 45.7 Å². The molecule has 7 heteroatoms. The number of piperazine rings is 1. The SMILES string of the molecule is CN(C)CC1CCN(CCC(=O)N2CCNCC2)CC1.Cl.Cl. The number of amides is 1. The molecule has 0 aromatic heterocycles. The summed E-state index contributed by atoms with van der Waals surface area (Å²) in [5, 5.41) is 3.29. The van der Waals surface area contributed by atoms with Crippen LogP contribution in [0.3, 0.4) is 0 Å². The van der Waals surface area contributed by atoms with E-state index < -0.39 is 0 Å². The van der Waals surface area contributed by atoms with Crippen LogP contribution in [0.1, 0.15) is 19.3 Å². The smallest absolute Gasteiger partial charge is 0.223 e. The van der Waals surface area contributed by atoms with Gasteiger partial charge in [0.05, 0.1) is 0 Å². The summed E-state index contributed by atoms with van der Waals surface area (Å²) in [7, 11) is 4.30. The number of hydrogen-bond acceptors (Lipinski definition) is 4. The van der Waals surface area contributed by atoms with Crippen molar-refractivity contribution in [1.29, 1.82) is 0 Å². The number of halogens is 2. The molecule has 2 aliphatic rings. The Morgan fingerprint density at radius 1 is 1.09 bits per heavy atom. The van der Waals surface area contributed by atoms with Crippen LogP contribution in [-0.4, -0.2) is 87.1 Å². The zero-order chi connectivity index (χ0) is 14.4. The van der Waals surface area contributed by atoms with E-state index in [4.69, 9.17) is 0 Å². The van der Waals surface area contributed by atoms with Crippen LogP contribution in [0.5, 0.6) is 0 Å². The highest BCUT2D eigenvalue weighted by Crippen LogP contribution is 2.17. The van der Waals surface area contributed by atoms with Crippen LogP contribution in [0.4, 0.5) is 0 Å². The minimum Gasteiger partial charge on any atom is -0.340 e. The fourth-order valence-electron chi connectivity index (χ4n) is 3.24. The summed E-state index contributed by atoms with van der Waals surface area (Å²) < 4.78 is 0. The highest BCUT2D eigenvalue weighted by Gasteiger charge is 2.21. The Balaban J connectivity index is 0.00000220. The van der Waals surface area contributed by atoms with Gasteiger partial charge < -0.3 is 20.0 Å². The van der Waals surface area contributed by atoms with E-state index in [2.05, 4.69) is 29.2 Å². The van der Waals surface area contributed by atoms with Crippen molar-refractivity contribution in [2.75, 3.05) is 66.5 Å². The van der Waals surface area contributed by atoms with E-state index in [-0.39, 0.29) is 24.8 Å². The molecule has 2 aliphatic heterocycles. The second-order valence-corrected chi connectivity index (χ2v) is 6.43. The maximum Gasteiger partial charge on any atom is 0.223 e. The third-order valence-electron chi connectivity index (χ3n) is 4.44. The number of carbonyl (C=O) groups is 1. The van der Waals surface area contributed by atoms with Crippen LogP contribution in [-0.2, 0) is 4.79 Å². The van der Waals surface area contributed by atoms with Crippen LogP contribution in [0.15, 0.2) is 0 Å². The first kappa shape index (κ1) is 21.9. The molecule has 22 heavy (non-hydrogen) atoms. The molecule has 0 aromatic rings. The average Bonchev–Trinajstić information content (AvgIpc) is 2.46. The van der Waals surface area contributed by atoms with Crippen LogP contribution in [0, 0.1) is 5.92 Å². The van der Waals surface area contributed by atoms with Crippen molar-refractivity contribution < 1.29 is 4.79 Å². The lowest BCUT2D eigenvalue weighted by molar-refractivity contribution is -0.132. The molecule has 0 bridgehead atoms. The Morgan fingerprint density at radius 3 is 2.23 bits per heavy atom. The molecular formula is C15H32Cl2N4O. The van der Waals surface area contributed by atoms with Gasteiger partial charge in [-0.2, -0.15) is 0 Å². The van der Waals surface area contributed by atoms with Crippen LogP contribution >= 0.6 is 24.8 Å². The van der Waals surface area contributed by atoms with Gasteiger partial charge in [-0.3, -0.25) is 4.79 Å². The maximum absolute atomic E-state index is 12.1. The quantitative estimate of drug-likeness (QED) is 0.796. The van der Waals surface area contributed by atoms with E-state index in [0.29, 0.717) is 12.3 Å². The van der Waals surface area contributed by atoms with Gasteiger partial charge in [0.25, 0.3) is 0 Å². The van der Waals surface area contributed by atoms with E-state index in [1.165, 1.54) is 19.4 Å². The predicted molar refractivity (Wildman–Crippen MR) is 96.3 cm³/mol. The largest absolute Gasteiger partial charge is 0.340 e. The number of piperidine rings is 1. The summed E-state index contributed by atoms with van der Waals surface area (Å²) in [5.41, 5.74) is 0. The molecule has 2 saturated heterocycles. The van der Waals surface area contributed by atoms with E-state index in [0.717, 1.165) is 51.7 Å². The third kappa shape index (κ3) is 7.47. The monoisotopic (exact) mass is 354 g/mol. The van der Waals surface area contributed by atoms with Gasteiger partial charge in [0.2, 0.25) is 5.91 Å². The Bertz CT molecular complexity index is 304. The fraction of sp³-hybridized carbons (Fsp3) is 0.933. The second-order valence-electron chi connectivity index (χ2n) is 6.43. The lowest BCUT2D eigenvalue weighted by Crippen LogP contribution is -2.47. The number of carbonyl (C=O) groups excluding carboxylic acids is 1. The van der Waals surface area contributed by atoms with Gasteiger partial charge in [0.1, 0.15) is 0 Å². The van der Waals surface area contributed by atoms with Crippen molar-refractivity contribution in [1.82, 2.24) is 20.0 Å². The number of nitrogens with one attached hydrogen (secondary N) is 1. The normalized spacial score (nSPS) is 20.4. The Hall–Kier alpha value is -0.0700. The topological polar surface area (TPSA) is 38.8 Å². The molecule has 0 unspecified atom stereocenters. The van der Waals surface area contributed by atoms with Crippen LogP contribution < -0.4 is 5.32 Å². The minimum absolute atomic E-state index is 0. The fourth-order valence-corrected chi connectivity index (χ4v) is 3.24. The molecule has 0 aromatic carbocycles. The molecule has 132 valence electrons. The molecule has 2 fully saturated rings.